The lowest BCUT2D eigenvalue weighted by Crippen LogP contribution is -2.30. The van der Waals surface area contributed by atoms with Gasteiger partial charge in [-0.15, -0.1) is 0 Å². The highest BCUT2D eigenvalue weighted by atomic mass is 19.1. The molecule has 2 nitrogen and oxygen atoms in total. The minimum Gasteiger partial charge on any atom is -0.423 e. The fourth-order valence-corrected chi connectivity index (χ4v) is 5.99. The monoisotopic (exact) mass is 478 g/mol. The molecule has 0 spiro atoms. The Hall–Kier alpha value is -2.75. The molecule has 186 valence electrons. The van der Waals surface area contributed by atoms with E-state index in [2.05, 4.69) is 19.1 Å². The largest absolute Gasteiger partial charge is 0.423 e. The van der Waals surface area contributed by atoms with Crippen LogP contribution in [0.15, 0.2) is 60.7 Å². The molecule has 4 rings (SSSR count). The highest BCUT2D eigenvalue weighted by Crippen LogP contribution is 2.48. The van der Waals surface area contributed by atoms with Gasteiger partial charge in [-0.3, -0.25) is 0 Å². The van der Waals surface area contributed by atoms with Crippen LogP contribution in [0.1, 0.15) is 86.2 Å². The van der Waals surface area contributed by atoms with Crippen molar-refractivity contribution in [2.75, 3.05) is 0 Å². The standard InChI is InChI=1S/C31H36F2O2/c1-3-5-6-8-22-13-15-27(20-29(22)32)35-31(34)28-16-14-26(19-30(28)33)25-12-11-23-17-21(7-4-2)9-10-24(23)18-25/h3-5,7,13-16,19-21,23-25H,6,8-12,17-18H2,1-2H3/b5-3+,7-4+. The molecule has 0 N–H and O–H groups in total. The minimum atomic E-state index is -0.805. The van der Waals surface area contributed by atoms with Gasteiger partial charge in [0.1, 0.15) is 17.4 Å². The molecule has 2 saturated carbocycles. The van der Waals surface area contributed by atoms with E-state index in [1.54, 1.807) is 12.1 Å². The first kappa shape index (κ1) is 25.3. The number of carbonyl (C=O) groups is 1. The van der Waals surface area contributed by atoms with E-state index in [0.717, 1.165) is 30.7 Å². The zero-order valence-electron chi connectivity index (χ0n) is 20.8. The molecule has 0 radical (unpaired) electrons. The van der Waals surface area contributed by atoms with Crippen molar-refractivity contribution in [2.45, 2.75) is 71.1 Å². The van der Waals surface area contributed by atoms with E-state index >= 15 is 0 Å². The Morgan fingerprint density at radius 1 is 0.943 bits per heavy atom. The minimum absolute atomic E-state index is 0.0811. The molecule has 2 aliphatic carbocycles. The van der Waals surface area contributed by atoms with Gasteiger partial charge >= 0.3 is 5.97 Å². The van der Waals surface area contributed by atoms with Crippen LogP contribution in [-0.4, -0.2) is 5.97 Å². The Morgan fingerprint density at radius 2 is 1.74 bits per heavy atom. The Morgan fingerprint density at radius 3 is 2.49 bits per heavy atom. The van der Waals surface area contributed by atoms with E-state index in [0.29, 0.717) is 29.7 Å². The number of allylic oxidation sites excluding steroid dienone is 4. The summed E-state index contributed by atoms with van der Waals surface area (Å²) in [7, 11) is 0. The van der Waals surface area contributed by atoms with Crippen LogP contribution in [0, 0.1) is 29.4 Å². The maximum absolute atomic E-state index is 15.0. The number of aryl methyl sites for hydroxylation is 1. The van der Waals surface area contributed by atoms with Gasteiger partial charge in [0.25, 0.3) is 0 Å². The van der Waals surface area contributed by atoms with Crippen molar-refractivity contribution in [1.29, 1.82) is 0 Å². The zero-order chi connectivity index (χ0) is 24.8. The summed E-state index contributed by atoms with van der Waals surface area (Å²) < 4.78 is 34.6. The third-order valence-electron chi connectivity index (χ3n) is 7.85. The number of esters is 1. The summed E-state index contributed by atoms with van der Waals surface area (Å²) in [4.78, 5) is 12.6. The summed E-state index contributed by atoms with van der Waals surface area (Å²) in [5.74, 6) is 0.801. The van der Waals surface area contributed by atoms with Gasteiger partial charge in [-0.1, -0.05) is 36.4 Å². The first-order valence-electron chi connectivity index (χ1n) is 13.0. The van der Waals surface area contributed by atoms with Crippen LogP contribution >= 0.6 is 0 Å². The number of rotatable bonds is 7. The molecule has 0 heterocycles. The lowest BCUT2D eigenvalue weighted by Gasteiger charge is -2.41. The molecular formula is C31H36F2O2. The van der Waals surface area contributed by atoms with Crippen molar-refractivity contribution in [2.24, 2.45) is 17.8 Å². The fraction of sp³-hybridized carbons (Fsp3) is 0.452. The fourth-order valence-electron chi connectivity index (χ4n) is 5.99. The van der Waals surface area contributed by atoms with Gasteiger partial charge in [-0.2, -0.15) is 0 Å². The average molecular weight is 479 g/mol. The molecule has 4 atom stereocenters. The lowest BCUT2D eigenvalue weighted by atomic mass is 9.64. The molecule has 0 amide bonds. The second kappa shape index (κ2) is 11.8. The number of fused-ring (bicyclic) bond motifs is 1. The van der Waals surface area contributed by atoms with E-state index in [-0.39, 0.29) is 11.3 Å². The first-order valence-corrected chi connectivity index (χ1v) is 13.0. The molecule has 2 aromatic carbocycles. The van der Waals surface area contributed by atoms with Crippen LogP contribution in [-0.2, 0) is 6.42 Å². The van der Waals surface area contributed by atoms with E-state index in [1.807, 2.05) is 25.1 Å². The van der Waals surface area contributed by atoms with Gasteiger partial charge in [-0.05, 0) is 118 Å². The van der Waals surface area contributed by atoms with Gasteiger partial charge in [0, 0.05) is 6.07 Å². The second-order valence-corrected chi connectivity index (χ2v) is 10.1. The third-order valence-corrected chi connectivity index (χ3v) is 7.85. The molecule has 35 heavy (non-hydrogen) atoms. The highest BCUT2D eigenvalue weighted by molar-refractivity contribution is 5.91. The molecule has 0 saturated heterocycles. The summed E-state index contributed by atoms with van der Waals surface area (Å²) in [6, 6.07) is 9.24. The maximum Gasteiger partial charge on any atom is 0.346 e. The topological polar surface area (TPSA) is 26.3 Å². The number of carbonyl (C=O) groups excluding carboxylic acids is 1. The van der Waals surface area contributed by atoms with E-state index < -0.39 is 17.6 Å². The Bertz CT molecular complexity index is 1090. The first-order chi connectivity index (χ1) is 17.0. The van der Waals surface area contributed by atoms with Gasteiger partial charge in [0.2, 0.25) is 0 Å². The van der Waals surface area contributed by atoms with Gasteiger partial charge in [0.15, 0.2) is 0 Å². The Kier molecular flexibility index (Phi) is 8.54. The molecule has 4 unspecified atom stereocenters. The number of benzene rings is 2. The van der Waals surface area contributed by atoms with Crippen molar-refractivity contribution in [3.63, 3.8) is 0 Å². The summed E-state index contributed by atoms with van der Waals surface area (Å²) in [6.45, 7) is 4.02. The molecule has 0 aromatic heterocycles. The molecule has 0 aliphatic heterocycles. The molecule has 2 fully saturated rings. The lowest BCUT2D eigenvalue weighted by molar-refractivity contribution is 0.0729. The van der Waals surface area contributed by atoms with Crippen molar-refractivity contribution in [1.82, 2.24) is 0 Å². The predicted molar refractivity (Wildman–Crippen MR) is 137 cm³/mol. The van der Waals surface area contributed by atoms with Crippen molar-refractivity contribution in [3.8, 4) is 5.75 Å². The second-order valence-electron chi connectivity index (χ2n) is 10.1. The van der Waals surface area contributed by atoms with E-state index in [9.17, 15) is 13.6 Å². The smallest absolute Gasteiger partial charge is 0.346 e. The molecule has 2 aliphatic rings. The summed E-state index contributed by atoms with van der Waals surface area (Å²) >= 11 is 0. The van der Waals surface area contributed by atoms with E-state index in [1.165, 1.54) is 43.9 Å². The van der Waals surface area contributed by atoms with Crippen molar-refractivity contribution in [3.05, 3.63) is 89.0 Å². The third kappa shape index (κ3) is 6.28. The van der Waals surface area contributed by atoms with E-state index in [4.69, 9.17) is 4.74 Å². The molecular weight excluding hydrogens is 442 g/mol. The van der Waals surface area contributed by atoms with Crippen LogP contribution in [0.4, 0.5) is 8.78 Å². The maximum atomic E-state index is 15.0. The average Bonchev–Trinajstić information content (AvgIpc) is 2.85. The highest BCUT2D eigenvalue weighted by Gasteiger charge is 2.35. The molecule has 4 heteroatoms. The SMILES string of the molecule is C/C=C/CCc1ccc(OC(=O)c2ccc(C3CCC4CC(/C=C/C)CCC4C3)cc2F)cc1F. The van der Waals surface area contributed by atoms with Gasteiger partial charge in [0.05, 0.1) is 5.56 Å². The van der Waals surface area contributed by atoms with Crippen LogP contribution in [0.3, 0.4) is 0 Å². The quantitative estimate of drug-likeness (QED) is 0.226. The normalized spacial score (nSPS) is 24.6. The predicted octanol–water partition coefficient (Wildman–Crippen LogP) is 8.57. The van der Waals surface area contributed by atoms with Crippen molar-refractivity contribution >= 4 is 5.97 Å². The summed E-state index contributed by atoms with van der Waals surface area (Å²) in [5.41, 5.74) is 1.40. The van der Waals surface area contributed by atoms with Crippen LogP contribution in [0.5, 0.6) is 5.75 Å². The van der Waals surface area contributed by atoms with Crippen LogP contribution in [0.25, 0.3) is 0 Å². The number of hydrogen-bond donors (Lipinski definition) is 0. The Labute approximate surface area is 208 Å². The Balaban J connectivity index is 1.38. The number of hydrogen-bond acceptors (Lipinski definition) is 2. The zero-order valence-corrected chi connectivity index (χ0v) is 20.8. The molecule has 0 bridgehead atoms. The van der Waals surface area contributed by atoms with Gasteiger partial charge in [-0.25, -0.2) is 13.6 Å². The van der Waals surface area contributed by atoms with Crippen LogP contribution in [0.2, 0.25) is 0 Å². The summed E-state index contributed by atoms with van der Waals surface area (Å²) in [5, 5.41) is 0. The summed E-state index contributed by atoms with van der Waals surface area (Å²) in [6.07, 6.45) is 16.8. The molecule has 2 aromatic rings. The number of ether oxygens (including phenoxy) is 1. The van der Waals surface area contributed by atoms with Crippen LogP contribution < -0.4 is 4.74 Å². The van der Waals surface area contributed by atoms with Gasteiger partial charge < -0.3 is 4.74 Å². The number of halogens is 2. The van der Waals surface area contributed by atoms with Crippen molar-refractivity contribution < 1.29 is 18.3 Å².